The molecule has 4 nitrogen and oxygen atoms in total. The standard InChI is InChI=1S/C17H13ClN4/c18-17-14(20-6-7-21-17)10-22-15-3-1-2-12(15)13-8-11(9-19)4-5-16(13)22/h4-8H,1-3,10H2. The van der Waals surface area contributed by atoms with E-state index in [1.54, 1.807) is 12.4 Å². The smallest absolute Gasteiger partial charge is 0.152 e. The topological polar surface area (TPSA) is 54.5 Å². The van der Waals surface area contributed by atoms with Crippen LogP contribution in [-0.2, 0) is 19.4 Å². The van der Waals surface area contributed by atoms with Crippen molar-refractivity contribution < 1.29 is 0 Å². The summed E-state index contributed by atoms with van der Waals surface area (Å²) in [6, 6.07) is 8.11. The third-order valence-corrected chi connectivity index (χ3v) is 4.60. The van der Waals surface area contributed by atoms with Crippen LogP contribution < -0.4 is 0 Å². The Morgan fingerprint density at radius 3 is 2.91 bits per heavy atom. The van der Waals surface area contributed by atoms with Crippen LogP contribution in [0.3, 0.4) is 0 Å². The van der Waals surface area contributed by atoms with Gasteiger partial charge in [0.2, 0.25) is 0 Å². The van der Waals surface area contributed by atoms with E-state index in [0.717, 1.165) is 30.5 Å². The van der Waals surface area contributed by atoms with Crippen LogP contribution in [0.25, 0.3) is 10.9 Å². The SMILES string of the molecule is N#Cc1ccc2c(c1)c1c(n2Cc2nccnc2Cl)CCC1. The van der Waals surface area contributed by atoms with E-state index in [-0.39, 0.29) is 0 Å². The van der Waals surface area contributed by atoms with Gasteiger partial charge in [0.05, 0.1) is 23.9 Å². The molecule has 0 unspecified atom stereocenters. The Labute approximate surface area is 133 Å². The molecule has 0 aliphatic heterocycles. The van der Waals surface area contributed by atoms with Crippen LogP contribution in [0.4, 0.5) is 0 Å². The Morgan fingerprint density at radius 1 is 1.23 bits per heavy atom. The fourth-order valence-electron chi connectivity index (χ4n) is 3.33. The van der Waals surface area contributed by atoms with Crippen LogP contribution in [0.5, 0.6) is 0 Å². The lowest BCUT2D eigenvalue weighted by Crippen LogP contribution is -2.06. The van der Waals surface area contributed by atoms with Gasteiger partial charge in [-0.05, 0) is 43.0 Å². The van der Waals surface area contributed by atoms with Gasteiger partial charge in [0.1, 0.15) is 0 Å². The number of hydrogen-bond acceptors (Lipinski definition) is 3. The maximum Gasteiger partial charge on any atom is 0.152 e. The zero-order chi connectivity index (χ0) is 15.1. The zero-order valence-corrected chi connectivity index (χ0v) is 12.6. The Bertz CT molecular complexity index is 920. The molecular weight excluding hydrogens is 296 g/mol. The maximum absolute atomic E-state index is 9.13. The molecule has 0 saturated heterocycles. The van der Waals surface area contributed by atoms with Gasteiger partial charge in [0.15, 0.2) is 5.15 Å². The minimum atomic E-state index is 0.449. The number of aromatic nitrogens is 3. The minimum absolute atomic E-state index is 0.449. The lowest BCUT2D eigenvalue weighted by molar-refractivity contribution is 0.745. The van der Waals surface area contributed by atoms with Crippen LogP contribution >= 0.6 is 11.6 Å². The summed E-state index contributed by atoms with van der Waals surface area (Å²) in [6.07, 6.45) is 6.56. The van der Waals surface area contributed by atoms with Gasteiger partial charge in [0, 0.05) is 29.0 Å². The number of halogens is 1. The first-order chi connectivity index (χ1) is 10.8. The third-order valence-electron chi connectivity index (χ3n) is 4.29. The van der Waals surface area contributed by atoms with E-state index in [0.29, 0.717) is 17.3 Å². The van der Waals surface area contributed by atoms with Crippen molar-refractivity contribution in [2.24, 2.45) is 0 Å². The highest BCUT2D eigenvalue weighted by Crippen LogP contribution is 2.34. The molecule has 22 heavy (non-hydrogen) atoms. The van der Waals surface area contributed by atoms with Crippen LogP contribution in [-0.4, -0.2) is 14.5 Å². The van der Waals surface area contributed by atoms with Crippen LogP contribution in [0.1, 0.15) is 28.9 Å². The van der Waals surface area contributed by atoms with E-state index in [4.69, 9.17) is 16.9 Å². The van der Waals surface area contributed by atoms with Crippen molar-refractivity contribution in [2.45, 2.75) is 25.8 Å². The van der Waals surface area contributed by atoms with Crippen molar-refractivity contribution in [3.63, 3.8) is 0 Å². The summed E-state index contributed by atoms with van der Waals surface area (Å²) in [7, 11) is 0. The fourth-order valence-corrected chi connectivity index (χ4v) is 3.50. The van der Waals surface area contributed by atoms with E-state index >= 15 is 0 Å². The molecule has 0 atom stereocenters. The van der Waals surface area contributed by atoms with E-state index in [1.165, 1.54) is 16.6 Å². The number of benzene rings is 1. The Morgan fingerprint density at radius 2 is 2.09 bits per heavy atom. The molecule has 3 aromatic rings. The van der Waals surface area contributed by atoms with E-state index in [1.807, 2.05) is 18.2 Å². The maximum atomic E-state index is 9.13. The summed E-state index contributed by atoms with van der Waals surface area (Å²) in [6.45, 7) is 0.615. The van der Waals surface area contributed by atoms with Gasteiger partial charge in [-0.3, -0.25) is 4.98 Å². The second-order valence-corrected chi connectivity index (χ2v) is 5.86. The molecule has 0 saturated carbocycles. The molecule has 4 rings (SSSR count). The van der Waals surface area contributed by atoms with Gasteiger partial charge >= 0.3 is 0 Å². The van der Waals surface area contributed by atoms with Crippen LogP contribution in [0, 0.1) is 11.3 Å². The molecule has 0 bridgehead atoms. The van der Waals surface area contributed by atoms with Gasteiger partial charge in [0.25, 0.3) is 0 Å². The van der Waals surface area contributed by atoms with Crippen molar-refractivity contribution >= 4 is 22.5 Å². The first-order valence-corrected chi connectivity index (χ1v) is 7.65. The molecule has 2 heterocycles. The Kier molecular flexibility index (Phi) is 3.09. The number of rotatable bonds is 2. The zero-order valence-electron chi connectivity index (χ0n) is 11.9. The number of nitriles is 1. The van der Waals surface area contributed by atoms with Gasteiger partial charge in [-0.15, -0.1) is 0 Å². The van der Waals surface area contributed by atoms with E-state index < -0.39 is 0 Å². The van der Waals surface area contributed by atoms with Crippen molar-refractivity contribution in [3.8, 4) is 6.07 Å². The van der Waals surface area contributed by atoms with E-state index in [2.05, 4.69) is 20.6 Å². The highest BCUT2D eigenvalue weighted by molar-refractivity contribution is 6.29. The van der Waals surface area contributed by atoms with Crippen molar-refractivity contribution in [1.29, 1.82) is 5.26 Å². The summed E-state index contributed by atoms with van der Waals surface area (Å²) in [5.74, 6) is 0. The number of hydrogen-bond donors (Lipinski definition) is 0. The molecule has 2 aromatic heterocycles. The quantitative estimate of drug-likeness (QED) is 0.728. The summed E-state index contributed by atoms with van der Waals surface area (Å²) in [4.78, 5) is 8.46. The van der Waals surface area contributed by atoms with Crippen LogP contribution in [0.15, 0.2) is 30.6 Å². The summed E-state index contributed by atoms with van der Waals surface area (Å²) < 4.78 is 2.27. The fraction of sp³-hybridized carbons (Fsp3) is 0.235. The summed E-state index contributed by atoms with van der Waals surface area (Å²) in [5, 5.41) is 10.8. The normalized spacial score (nSPS) is 13.3. The lowest BCUT2D eigenvalue weighted by atomic mass is 10.1. The largest absolute Gasteiger partial charge is 0.338 e. The molecule has 1 aliphatic rings. The summed E-state index contributed by atoms with van der Waals surface area (Å²) in [5.41, 5.74) is 5.33. The first kappa shape index (κ1) is 13.3. The first-order valence-electron chi connectivity index (χ1n) is 7.27. The predicted molar refractivity (Wildman–Crippen MR) is 84.8 cm³/mol. The Balaban J connectivity index is 1.91. The molecule has 5 heteroatoms. The summed E-state index contributed by atoms with van der Waals surface area (Å²) >= 11 is 6.16. The predicted octanol–water partition coefficient (Wildman–Crippen LogP) is 3.49. The van der Waals surface area contributed by atoms with Crippen LogP contribution in [0.2, 0.25) is 5.15 Å². The number of fused-ring (bicyclic) bond motifs is 3. The highest BCUT2D eigenvalue weighted by atomic mass is 35.5. The second kappa shape index (κ2) is 5.11. The molecular formula is C17H13ClN4. The molecule has 1 aliphatic carbocycles. The van der Waals surface area contributed by atoms with Crippen molar-refractivity contribution in [2.75, 3.05) is 0 Å². The average Bonchev–Trinajstić information content (AvgIpc) is 3.12. The Hall–Kier alpha value is -2.38. The van der Waals surface area contributed by atoms with E-state index in [9.17, 15) is 0 Å². The van der Waals surface area contributed by atoms with Crippen molar-refractivity contribution in [1.82, 2.24) is 14.5 Å². The number of nitrogens with zero attached hydrogens (tertiary/aromatic N) is 4. The lowest BCUT2D eigenvalue weighted by Gasteiger charge is -2.09. The van der Waals surface area contributed by atoms with Gasteiger partial charge < -0.3 is 4.57 Å². The molecule has 0 amide bonds. The van der Waals surface area contributed by atoms with Crippen molar-refractivity contribution in [3.05, 3.63) is 58.3 Å². The van der Waals surface area contributed by atoms with Gasteiger partial charge in [-0.2, -0.15) is 5.26 Å². The molecule has 0 spiro atoms. The molecule has 108 valence electrons. The monoisotopic (exact) mass is 308 g/mol. The van der Waals surface area contributed by atoms with Gasteiger partial charge in [-0.1, -0.05) is 11.6 Å². The van der Waals surface area contributed by atoms with Gasteiger partial charge in [-0.25, -0.2) is 4.98 Å². The molecule has 1 aromatic carbocycles. The molecule has 0 fully saturated rings. The molecule has 0 radical (unpaired) electrons. The average molecular weight is 309 g/mol. The second-order valence-electron chi connectivity index (χ2n) is 5.50. The number of aryl methyl sites for hydroxylation is 1. The third kappa shape index (κ3) is 1.98. The molecule has 0 N–H and O–H groups in total. The highest BCUT2D eigenvalue weighted by Gasteiger charge is 2.22. The minimum Gasteiger partial charge on any atom is -0.338 e.